The van der Waals surface area contributed by atoms with Crippen LogP contribution in [0.15, 0.2) is 72.8 Å². The molecular weight excluding hydrogens is 512 g/mol. The molecule has 4 rings (SSSR count). The minimum Gasteiger partial charge on any atom is -0.495 e. The molecule has 0 saturated carbocycles. The summed E-state index contributed by atoms with van der Waals surface area (Å²) in [6, 6.07) is 23.2. The van der Waals surface area contributed by atoms with E-state index in [2.05, 4.69) is 26.5 Å². The van der Waals surface area contributed by atoms with Crippen LogP contribution >= 0.6 is 11.6 Å². The number of halogens is 1. The smallest absolute Gasteiger partial charge is 0.253 e. The number of hydrogen-bond acceptors (Lipinski definition) is 5. The van der Waals surface area contributed by atoms with Gasteiger partial charge in [-0.2, -0.15) is 0 Å². The molecule has 3 aromatic rings. The van der Waals surface area contributed by atoms with Gasteiger partial charge in [0.05, 0.1) is 29.8 Å². The summed E-state index contributed by atoms with van der Waals surface area (Å²) in [5, 5.41) is 6.08. The van der Waals surface area contributed by atoms with Crippen molar-refractivity contribution in [3.05, 3.63) is 83.9 Å². The van der Waals surface area contributed by atoms with E-state index in [-0.39, 0.29) is 23.7 Å². The standard InChI is InChI=1S/C31H37ClN4O3/c1-22(23-10-6-5-7-11-23)33-29(37)25-20-24(34-30(38)31(2,3)21-32)14-15-26(25)35-16-18-36(19-17-35)27-12-8-9-13-28(27)39-4/h5-15,20,22H,16-19,21H2,1-4H3,(H,33,37)(H,34,38). The highest BCUT2D eigenvalue weighted by Crippen LogP contribution is 2.31. The van der Waals surface area contributed by atoms with Crippen LogP contribution in [-0.4, -0.2) is 51.0 Å². The molecule has 0 aromatic heterocycles. The number of rotatable bonds is 9. The van der Waals surface area contributed by atoms with Gasteiger partial charge >= 0.3 is 0 Å². The predicted octanol–water partition coefficient (Wildman–Crippen LogP) is 5.72. The molecule has 1 saturated heterocycles. The van der Waals surface area contributed by atoms with Crippen molar-refractivity contribution in [3.8, 4) is 5.75 Å². The van der Waals surface area contributed by atoms with Crippen LogP contribution in [0.3, 0.4) is 0 Å². The van der Waals surface area contributed by atoms with Gasteiger partial charge in [-0.05, 0) is 56.7 Å². The fourth-order valence-electron chi connectivity index (χ4n) is 4.61. The Hall–Kier alpha value is -3.71. The molecule has 8 heteroatoms. The lowest BCUT2D eigenvalue weighted by Gasteiger charge is -2.38. The van der Waals surface area contributed by atoms with Crippen LogP contribution in [0.25, 0.3) is 0 Å². The Labute approximate surface area is 236 Å². The van der Waals surface area contributed by atoms with Crippen molar-refractivity contribution < 1.29 is 14.3 Å². The van der Waals surface area contributed by atoms with Crippen LogP contribution in [0, 0.1) is 5.41 Å². The highest BCUT2D eigenvalue weighted by atomic mass is 35.5. The molecule has 2 amide bonds. The number of nitrogens with zero attached hydrogens (tertiary/aromatic N) is 2. The van der Waals surface area contributed by atoms with Gasteiger partial charge in [0.2, 0.25) is 5.91 Å². The highest BCUT2D eigenvalue weighted by molar-refractivity contribution is 6.20. The van der Waals surface area contributed by atoms with E-state index in [9.17, 15) is 9.59 Å². The number of hydrogen-bond donors (Lipinski definition) is 2. The van der Waals surface area contributed by atoms with Crippen molar-refractivity contribution >= 4 is 40.5 Å². The number of anilines is 3. The Morgan fingerprint density at radius 3 is 2.18 bits per heavy atom. The van der Waals surface area contributed by atoms with Gasteiger partial charge < -0.3 is 25.2 Å². The first-order chi connectivity index (χ1) is 18.7. The molecule has 7 nitrogen and oxygen atoms in total. The number of nitrogens with one attached hydrogen (secondary N) is 2. The molecule has 39 heavy (non-hydrogen) atoms. The fraction of sp³-hybridized carbons (Fsp3) is 0.355. The summed E-state index contributed by atoms with van der Waals surface area (Å²) in [5.41, 5.74) is 3.26. The van der Waals surface area contributed by atoms with E-state index >= 15 is 0 Å². The van der Waals surface area contributed by atoms with Gasteiger partial charge in [-0.25, -0.2) is 0 Å². The maximum atomic E-state index is 13.7. The molecule has 1 fully saturated rings. The lowest BCUT2D eigenvalue weighted by molar-refractivity contribution is -0.122. The van der Waals surface area contributed by atoms with Gasteiger partial charge in [-0.1, -0.05) is 42.5 Å². The lowest BCUT2D eigenvalue weighted by Crippen LogP contribution is -2.47. The topological polar surface area (TPSA) is 73.9 Å². The molecular formula is C31H37ClN4O3. The van der Waals surface area contributed by atoms with E-state index in [0.29, 0.717) is 11.3 Å². The van der Waals surface area contributed by atoms with Gasteiger partial charge in [0.25, 0.3) is 5.91 Å². The zero-order valence-electron chi connectivity index (χ0n) is 23.0. The third kappa shape index (κ3) is 6.66. The number of carbonyl (C=O) groups excluding carboxylic acids is 2. The molecule has 0 aliphatic carbocycles. The molecule has 0 bridgehead atoms. The molecule has 3 aromatic carbocycles. The van der Waals surface area contributed by atoms with Crippen molar-refractivity contribution in [1.29, 1.82) is 0 Å². The quantitative estimate of drug-likeness (QED) is 0.335. The molecule has 1 unspecified atom stereocenters. The zero-order chi connectivity index (χ0) is 28.0. The summed E-state index contributed by atoms with van der Waals surface area (Å²) >= 11 is 6.01. The maximum absolute atomic E-state index is 13.7. The van der Waals surface area contributed by atoms with E-state index in [4.69, 9.17) is 16.3 Å². The van der Waals surface area contributed by atoms with Crippen molar-refractivity contribution in [3.63, 3.8) is 0 Å². The largest absolute Gasteiger partial charge is 0.495 e. The Kier molecular flexibility index (Phi) is 9.02. The zero-order valence-corrected chi connectivity index (χ0v) is 23.8. The summed E-state index contributed by atoms with van der Waals surface area (Å²) < 4.78 is 5.56. The molecule has 1 aliphatic heterocycles. The number of alkyl halides is 1. The van der Waals surface area contributed by atoms with Crippen LogP contribution in [0.5, 0.6) is 5.75 Å². The van der Waals surface area contributed by atoms with Gasteiger partial charge in [-0.3, -0.25) is 9.59 Å². The molecule has 0 radical (unpaired) electrons. The minimum atomic E-state index is -0.737. The molecule has 0 spiro atoms. The third-order valence-electron chi connectivity index (χ3n) is 7.14. The van der Waals surface area contributed by atoms with Crippen LogP contribution in [-0.2, 0) is 4.79 Å². The monoisotopic (exact) mass is 548 g/mol. The number of carbonyl (C=O) groups is 2. The van der Waals surface area contributed by atoms with Crippen molar-refractivity contribution in [2.45, 2.75) is 26.8 Å². The molecule has 2 N–H and O–H groups in total. The molecule has 1 atom stereocenters. The summed E-state index contributed by atoms with van der Waals surface area (Å²) in [6.07, 6.45) is 0. The Balaban J connectivity index is 1.58. The normalized spacial score (nSPS) is 14.5. The van der Waals surface area contributed by atoms with E-state index in [1.807, 2.05) is 67.6 Å². The first-order valence-corrected chi connectivity index (χ1v) is 13.8. The molecule has 206 valence electrons. The average molecular weight is 549 g/mol. The van der Waals surface area contributed by atoms with E-state index < -0.39 is 5.41 Å². The minimum absolute atomic E-state index is 0.178. The maximum Gasteiger partial charge on any atom is 0.253 e. The summed E-state index contributed by atoms with van der Waals surface area (Å²) in [6.45, 7) is 8.58. The highest BCUT2D eigenvalue weighted by Gasteiger charge is 2.28. The number of benzene rings is 3. The summed E-state index contributed by atoms with van der Waals surface area (Å²) in [4.78, 5) is 31.0. The average Bonchev–Trinajstić information content (AvgIpc) is 2.97. The van der Waals surface area contributed by atoms with Crippen LogP contribution in [0.1, 0.15) is 42.7 Å². The number of ether oxygens (including phenoxy) is 1. The van der Waals surface area contributed by atoms with Crippen molar-refractivity contribution in [2.24, 2.45) is 5.41 Å². The van der Waals surface area contributed by atoms with Crippen LogP contribution in [0.2, 0.25) is 0 Å². The molecule has 1 aliphatic rings. The van der Waals surface area contributed by atoms with Crippen molar-refractivity contribution in [2.75, 3.05) is 54.3 Å². The van der Waals surface area contributed by atoms with Gasteiger partial charge in [0, 0.05) is 43.4 Å². The van der Waals surface area contributed by atoms with Gasteiger partial charge in [-0.15, -0.1) is 11.6 Å². The fourth-order valence-corrected chi connectivity index (χ4v) is 4.73. The number of methoxy groups -OCH3 is 1. The van der Waals surface area contributed by atoms with E-state index in [1.54, 1.807) is 27.0 Å². The summed E-state index contributed by atoms with van der Waals surface area (Å²) in [5.74, 6) is 0.650. The second-order valence-electron chi connectivity index (χ2n) is 10.5. The molecule has 1 heterocycles. The summed E-state index contributed by atoms with van der Waals surface area (Å²) in [7, 11) is 1.69. The lowest BCUT2D eigenvalue weighted by atomic mass is 9.95. The first kappa shape index (κ1) is 28.3. The van der Waals surface area contributed by atoms with Gasteiger partial charge in [0.1, 0.15) is 5.75 Å². The number of piperazine rings is 1. The van der Waals surface area contributed by atoms with Crippen molar-refractivity contribution in [1.82, 2.24) is 5.32 Å². The van der Waals surface area contributed by atoms with E-state index in [0.717, 1.165) is 48.9 Å². The first-order valence-electron chi connectivity index (χ1n) is 13.2. The van der Waals surface area contributed by atoms with Gasteiger partial charge in [0.15, 0.2) is 0 Å². The SMILES string of the molecule is COc1ccccc1N1CCN(c2ccc(NC(=O)C(C)(C)CCl)cc2C(=O)NC(C)c2ccccc2)CC1. The number of amides is 2. The Morgan fingerprint density at radius 2 is 1.54 bits per heavy atom. The third-order valence-corrected chi connectivity index (χ3v) is 7.81. The van der Waals surface area contributed by atoms with Crippen LogP contribution < -0.4 is 25.2 Å². The number of para-hydroxylation sites is 2. The second-order valence-corrected chi connectivity index (χ2v) is 10.7. The predicted molar refractivity (Wildman–Crippen MR) is 159 cm³/mol. The Morgan fingerprint density at radius 1 is 0.923 bits per heavy atom. The van der Waals surface area contributed by atoms with Crippen LogP contribution in [0.4, 0.5) is 17.1 Å². The van der Waals surface area contributed by atoms with E-state index in [1.165, 1.54) is 0 Å². The second kappa shape index (κ2) is 12.4. The Bertz CT molecular complexity index is 1290.